The smallest absolute Gasteiger partial charge is 0.263 e. The molecule has 23 heavy (non-hydrogen) atoms. The molecule has 0 atom stereocenters. The van der Waals surface area contributed by atoms with Gasteiger partial charge in [0.25, 0.3) is 12.3 Å². The van der Waals surface area contributed by atoms with E-state index < -0.39 is 12.3 Å². The summed E-state index contributed by atoms with van der Waals surface area (Å²) in [7, 11) is 0. The highest BCUT2D eigenvalue weighted by Gasteiger charge is 2.14. The van der Waals surface area contributed by atoms with Crippen molar-refractivity contribution in [3.05, 3.63) is 70.9 Å². The minimum Gasteiger partial charge on any atom is -0.321 e. The second-order valence-corrected chi connectivity index (χ2v) is 5.28. The lowest BCUT2D eigenvalue weighted by Crippen LogP contribution is -2.13. The number of nitrogens with one attached hydrogen (secondary N) is 1. The van der Waals surface area contributed by atoms with Gasteiger partial charge in [-0.25, -0.2) is 8.78 Å². The fraction of sp³-hybridized carbons (Fsp3) is 0.0588. The number of carbonyl (C=O) groups is 1. The van der Waals surface area contributed by atoms with Crippen molar-refractivity contribution in [2.45, 2.75) is 6.43 Å². The van der Waals surface area contributed by atoms with E-state index in [-0.39, 0.29) is 16.3 Å². The standard InChI is InChI=1S/C17H11ClF2N2O/c18-13-6-5-10(16(19)20)9-15(13)22-17(23)12-7-8-21-14-4-2-1-3-11(12)14/h1-9,16H,(H,22,23). The first-order chi connectivity index (χ1) is 11.1. The van der Waals surface area contributed by atoms with E-state index in [1.807, 2.05) is 6.07 Å². The third-order valence-corrected chi connectivity index (χ3v) is 3.71. The van der Waals surface area contributed by atoms with Crippen LogP contribution in [-0.2, 0) is 0 Å². The van der Waals surface area contributed by atoms with Gasteiger partial charge in [-0.2, -0.15) is 0 Å². The Morgan fingerprint density at radius 3 is 2.70 bits per heavy atom. The predicted molar refractivity (Wildman–Crippen MR) is 86.1 cm³/mol. The average molecular weight is 333 g/mol. The summed E-state index contributed by atoms with van der Waals surface area (Å²) in [6.07, 6.45) is -1.11. The molecule has 3 nitrogen and oxygen atoms in total. The van der Waals surface area contributed by atoms with Gasteiger partial charge in [0.05, 0.1) is 21.8 Å². The lowest BCUT2D eigenvalue weighted by molar-refractivity contribution is 0.102. The zero-order chi connectivity index (χ0) is 16.4. The van der Waals surface area contributed by atoms with Crippen LogP contribution in [0, 0.1) is 0 Å². The topological polar surface area (TPSA) is 42.0 Å². The summed E-state index contributed by atoms with van der Waals surface area (Å²) in [5.41, 5.74) is 1.02. The van der Waals surface area contributed by atoms with Crippen molar-refractivity contribution in [2.24, 2.45) is 0 Å². The average Bonchev–Trinajstić information content (AvgIpc) is 2.56. The first-order valence-electron chi connectivity index (χ1n) is 6.79. The summed E-state index contributed by atoms with van der Waals surface area (Å²) >= 11 is 5.98. The van der Waals surface area contributed by atoms with Gasteiger partial charge in [0.2, 0.25) is 0 Å². The van der Waals surface area contributed by atoms with E-state index in [2.05, 4.69) is 10.3 Å². The van der Waals surface area contributed by atoms with Crippen molar-refractivity contribution < 1.29 is 13.6 Å². The molecule has 0 bridgehead atoms. The summed E-state index contributed by atoms with van der Waals surface area (Å²) < 4.78 is 25.6. The monoisotopic (exact) mass is 332 g/mol. The number of pyridine rings is 1. The van der Waals surface area contributed by atoms with Gasteiger partial charge in [-0.1, -0.05) is 35.9 Å². The summed E-state index contributed by atoms with van der Waals surface area (Å²) in [5.74, 6) is -0.433. The molecule has 3 rings (SSSR count). The Kier molecular flexibility index (Phi) is 4.21. The van der Waals surface area contributed by atoms with Gasteiger partial charge in [-0.3, -0.25) is 9.78 Å². The molecule has 0 radical (unpaired) electrons. The van der Waals surface area contributed by atoms with Crippen LogP contribution in [0.3, 0.4) is 0 Å². The molecule has 3 aromatic rings. The third-order valence-electron chi connectivity index (χ3n) is 3.38. The van der Waals surface area contributed by atoms with Crippen LogP contribution in [0.15, 0.2) is 54.7 Å². The fourth-order valence-electron chi connectivity index (χ4n) is 2.26. The maximum absolute atomic E-state index is 12.8. The fourth-order valence-corrected chi connectivity index (χ4v) is 2.42. The molecule has 1 N–H and O–H groups in total. The van der Waals surface area contributed by atoms with Gasteiger partial charge in [-0.05, 0) is 24.3 Å². The number of nitrogens with zero attached hydrogens (tertiary/aromatic N) is 1. The van der Waals surface area contributed by atoms with Gasteiger partial charge in [0.15, 0.2) is 0 Å². The van der Waals surface area contributed by atoms with Crippen molar-refractivity contribution >= 4 is 34.1 Å². The van der Waals surface area contributed by atoms with E-state index in [9.17, 15) is 13.6 Å². The quantitative estimate of drug-likeness (QED) is 0.727. The Labute approximate surface area is 135 Å². The Balaban J connectivity index is 1.97. The molecule has 6 heteroatoms. The zero-order valence-electron chi connectivity index (χ0n) is 11.8. The Morgan fingerprint density at radius 2 is 1.91 bits per heavy atom. The van der Waals surface area contributed by atoms with Crippen LogP contribution in [0.2, 0.25) is 5.02 Å². The van der Waals surface area contributed by atoms with Crippen molar-refractivity contribution in [3.8, 4) is 0 Å². The van der Waals surface area contributed by atoms with Crippen LogP contribution in [-0.4, -0.2) is 10.9 Å². The molecule has 0 aliphatic rings. The normalized spacial score (nSPS) is 11.0. The predicted octanol–water partition coefficient (Wildman–Crippen LogP) is 5.08. The minimum absolute atomic E-state index is 0.148. The number of carbonyl (C=O) groups excluding carboxylic acids is 1. The second-order valence-electron chi connectivity index (χ2n) is 4.87. The van der Waals surface area contributed by atoms with Crippen LogP contribution in [0.5, 0.6) is 0 Å². The summed E-state index contributed by atoms with van der Waals surface area (Å²) in [6.45, 7) is 0. The lowest BCUT2D eigenvalue weighted by Gasteiger charge is -2.10. The molecular formula is C17H11ClF2N2O. The van der Waals surface area contributed by atoms with Crippen molar-refractivity contribution in [1.82, 2.24) is 4.98 Å². The maximum Gasteiger partial charge on any atom is 0.263 e. The molecule has 0 saturated carbocycles. The number of halogens is 3. The first kappa shape index (κ1) is 15.4. The number of hydrogen-bond donors (Lipinski definition) is 1. The van der Waals surface area contributed by atoms with Gasteiger partial charge >= 0.3 is 0 Å². The zero-order valence-corrected chi connectivity index (χ0v) is 12.5. The summed E-state index contributed by atoms with van der Waals surface area (Å²) in [6, 6.07) is 12.5. The number of rotatable bonds is 3. The minimum atomic E-state index is -2.63. The molecule has 2 aromatic carbocycles. The third kappa shape index (κ3) is 3.14. The number of anilines is 1. The van der Waals surface area contributed by atoms with Crippen LogP contribution in [0.1, 0.15) is 22.3 Å². The highest BCUT2D eigenvalue weighted by molar-refractivity contribution is 6.34. The summed E-state index contributed by atoms with van der Waals surface area (Å²) in [5, 5.41) is 3.45. The number of para-hydroxylation sites is 1. The molecule has 0 fully saturated rings. The molecular weight excluding hydrogens is 322 g/mol. The summed E-state index contributed by atoms with van der Waals surface area (Å²) in [4.78, 5) is 16.7. The highest BCUT2D eigenvalue weighted by Crippen LogP contribution is 2.29. The van der Waals surface area contributed by atoms with E-state index >= 15 is 0 Å². The van der Waals surface area contributed by atoms with Crippen molar-refractivity contribution in [3.63, 3.8) is 0 Å². The van der Waals surface area contributed by atoms with Crippen LogP contribution in [0.25, 0.3) is 10.9 Å². The van der Waals surface area contributed by atoms with Gasteiger partial charge in [0, 0.05) is 17.1 Å². The molecule has 0 saturated heterocycles. The molecule has 0 aliphatic carbocycles. The second kappa shape index (κ2) is 6.30. The number of alkyl halides is 2. The molecule has 0 aliphatic heterocycles. The lowest BCUT2D eigenvalue weighted by atomic mass is 10.1. The maximum atomic E-state index is 12.8. The molecule has 0 unspecified atom stereocenters. The molecule has 0 spiro atoms. The van der Waals surface area contributed by atoms with E-state index in [1.165, 1.54) is 24.4 Å². The van der Waals surface area contributed by atoms with E-state index in [0.717, 1.165) is 0 Å². The SMILES string of the molecule is O=C(Nc1cc(C(F)F)ccc1Cl)c1ccnc2ccccc12. The number of amides is 1. The Hall–Kier alpha value is -2.53. The van der Waals surface area contributed by atoms with Gasteiger partial charge < -0.3 is 5.32 Å². The van der Waals surface area contributed by atoms with Crippen LogP contribution >= 0.6 is 11.6 Å². The Morgan fingerprint density at radius 1 is 1.13 bits per heavy atom. The van der Waals surface area contributed by atoms with E-state index in [4.69, 9.17) is 11.6 Å². The van der Waals surface area contributed by atoms with Gasteiger partial charge in [0.1, 0.15) is 0 Å². The highest BCUT2D eigenvalue weighted by atomic mass is 35.5. The number of fused-ring (bicyclic) bond motifs is 1. The largest absolute Gasteiger partial charge is 0.321 e. The van der Waals surface area contributed by atoms with Crippen molar-refractivity contribution in [1.29, 1.82) is 0 Å². The first-order valence-corrected chi connectivity index (χ1v) is 7.17. The molecule has 1 amide bonds. The van der Waals surface area contributed by atoms with Crippen molar-refractivity contribution in [2.75, 3.05) is 5.32 Å². The molecule has 1 aromatic heterocycles. The molecule has 1 heterocycles. The van der Waals surface area contributed by atoms with Crippen LogP contribution in [0.4, 0.5) is 14.5 Å². The molecule has 116 valence electrons. The van der Waals surface area contributed by atoms with E-state index in [1.54, 1.807) is 24.3 Å². The number of aromatic nitrogens is 1. The Bertz CT molecular complexity index is 878. The van der Waals surface area contributed by atoms with E-state index in [0.29, 0.717) is 16.5 Å². The van der Waals surface area contributed by atoms with Crippen LogP contribution < -0.4 is 5.32 Å². The number of benzene rings is 2. The number of hydrogen-bond acceptors (Lipinski definition) is 2. The van der Waals surface area contributed by atoms with Gasteiger partial charge in [-0.15, -0.1) is 0 Å².